The van der Waals surface area contributed by atoms with E-state index in [1.165, 1.54) is 17.5 Å². The van der Waals surface area contributed by atoms with E-state index < -0.39 is 0 Å². The Bertz CT molecular complexity index is 496. The Morgan fingerprint density at radius 1 is 1.41 bits per heavy atom. The molecule has 0 aliphatic rings. The lowest BCUT2D eigenvalue weighted by atomic mass is 10.3. The van der Waals surface area contributed by atoms with Crippen molar-refractivity contribution in [2.75, 3.05) is 0 Å². The third-order valence-electron chi connectivity index (χ3n) is 2.24. The summed E-state index contributed by atoms with van der Waals surface area (Å²) in [6.45, 7) is 4.94. The maximum Gasteiger partial charge on any atom is 0.151 e. The zero-order valence-electron chi connectivity index (χ0n) is 9.77. The predicted molar refractivity (Wildman–Crippen MR) is 67.3 cm³/mol. The van der Waals surface area contributed by atoms with Gasteiger partial charge in [-0.25, -0.2) is 9.37 Å². The molecule has 3 nitrogen and oxygen atoms in total. The van der Waals surface area contributed by atoms with Gasteiger partial charge in [-0.3, -0.25) is 4.98 Å². The van der Waals surface area contributed by atoms with Gasteiger partial charge < -0.3 is 5.32 Å². The molecule has 90 valence electrons. The molecule has 17 heavy (non-hydrogen) atoms. The Morgan fingerprint density at radius 2 is 2.24 bits per heavy atom. The molecule has 0 radical (unpaired) electrons. The van der Waals surface area contributed by atoms with E-state index in [-0.39, 0.29) is 5.82 Å². The number of hydrogen-bond acceptors (Lipinski definition) is 4. The second-order valence-electron chi connectivity index (χ2n) is 4.02. The van der Waals surface area contributed by atoms with Crippen molar-refractivity contribution in [1.82, 2.24) is 15.3 Å². The van der Waals surface area contributed by atoms with Crippen molar-refractivity contribution < 1.29 is 4.39 Å². The summed E-state index contributed by atoms with van der Waals surface area (Å²) in [4.78, 5) is 9.06. The fraction of sp³-hybridized carbons (Fsp3) is 0.333. The molecule has 0 amide bonds. The van der Waals surface area contributed by atoms with Gasteiger partial charge in [-0.1, -0.05) is 13.8 Å². The fourth-order valence-electron chi connectivity index (χ4n) is 1.37. The summed E-state index contributed by atoms with van der Waals surface area (Å²) in [5.74, 6) is -0.329. The third kappa shape index (κ3) is 3.08. The molecule has 0 spiro atoms. The van der Waals surface area contributed by atoms with Gasteiger partial charge in [-0.2, -0.15) is 0 Å². The van der Waals surface area contributed by atoms with Gasteiger partial charge >= 0.3 is 0 Å². The highest BCUT2D eigenvalue weighted by Crippen LogP contribution is 2.26. The predicted octanol–water partition coefficient (Wildman–Crippen LogP) is 2.84. The molecule has 0 aliphatic heterocycles. The highest BCUT2D eigenvalue weighted by atomic mass is 32.1. The number of nitrogens with zero attached hydrogens (tertiary/aromatic N) is 2. The van der Waals surface area contributed by atoms with Gasteiger partial charge in [0.15, 0.2) is 5.82 Å². The highest BCUT2D eigenvalue weighted by molar-refractivity contribution is 7.15. The van der Waals surface area contributed by atoms with Gasteiger partial charge in [-0.05, 0) is 6.07 Å². The number of pyridine rings is 1. The number of thiazole rings is 1. The van der Waals surface area contributed by atoms with Crippen LogP contribution in [0.5, 0.6) is 0 Å². The molecular formula is C12H14FN3S. The van der Waals surface area contributed by atoms with Crippen LogP contribution < -0.4 is 5.32 Å². The lowest BCUT2D eigenvalue weighted by Crippen LogP contribution is -2.21. The Morgan fingerprint density at radius 3 is 2.94 bits per heavy atom. The molecule has 5 heteroatoms. The van der Waals surface area contributed by atoms with Crippen molar-refractivity contribution in [2.45, 2.75) is 26.4 Å². The van der Waals surface area contributed by atoms with Crippen LogP contribution in [-0.4, -0.2) is 16.0 Å². The maximum absolute atomic E-state index is 13.5. The average molecular weight is 251 g/mol. The Labute approximate surface area is 104 Å². The van der Waals surface area contributed by atoms with Crippen LogP contribution in [0.15, 0.2) is 24.7 Å². The molecule has 2 rings (SSSR count). The molecule has 0 unspecified atom stereocenters. The first-order valence-corrected chi connectivity index (χ1v) is 6.26. The minimum absolute atomic E-state index is 0.329. The van der Waals surface area contributed by atoms with E-state index in [0.29, 0.717) is 16.6 Å². The van der Waals surface area contributed by atoms with E-state index >= 15 is 0 Å². The minimum atomic E-state index is -0.329. The molecule has 1 N–H and O–H groups in total. The van der Waals surface area contributed by atoms with Crippen LogP contribution >= 0.6 is 11.3 Å². The van der Waals surface area contributed by atoms with E-state index in [0.717, 1.165) is 11.4 Å². The maximum atomic E-state index is 13.5. The molecule has 2 aromatic rings. The van der Waals surface area contributed by atoms with Crippen molar-refractivity contribution >= 4 is 11.3 Å². The zero-order chi connectivity index (χ0) is 12.3. The summed E-state index contributed by atoms with van der Waals surface area (Å²) in [5.41, 5.74) is 0.515. The number of rotatable bonds is 4. The summed E-state index contributed by atoms with van der Waals surface area (Å²) < 4.78 is 13.5. The normalized spacial score (nSPS) is 11.1. The number of nitrogens with one attached hydrogen (secondary N) is 1. The molecule has 0 atom stereocenters. The monoisotopic (exact) mass is 251 g/mol. The van der Waals surface area contributed by atoms with Crippen LogP contribution in [0.25, 0.3) is 10.6 Å². The van der Waals surface area contributed by atoms with Gasteiger partial charge in [0.25, 0.3) is 0 Å². The summed E-state index contributed by atoms with van der Waals surface area (Å²) in [5, 5.41) is 4.00. The van der Waals surface area contributed by atoms with Crippen LogP contribution in [0.4, 0.5) is 4.39 Å². The topological polar surface area (TPSA) is 37.8 Å². The Hall–Kier alpha value is -1.33. The third-order valence-corrected chi connectivity index (χ3v) is 3.27. The van der Waals surface area contributed by atoms with Gasteiger partial charge in [0.05, 0.1) is 6.20 Å². The SMILES string of the molecule is CC(C)NCc1cnc(-c2ccncc2F)s1. The van der Waals surface area contributed by atoms with Gasteiger partial charge in [0, 0.05) is 35.4 Å². The van der Waals surface area contributed by atoms with Crippen LogP contribution in [0.1, 0.15) is 18.7 Å². The second kappa shape index (κ2) is 5.33. The molecule has 0 aromatic carbocycles. The first kappa shape index (κ1) is 12.1. The fourth-order valence-corrected chi connectivity index (χ4v) is 2.26. The van der Waals surface area contributed by atoms with Crippen LogP contribution in [0.2, 0.25) is 0 Å². The van der Waals surface area contributed by atoms with Crippen molar-refractivity contribution in [3.63, 3.8) is 0 Å². The Balaban J connectivity index is 2.16. The van der Waals surface area contributed by atoms with Gasteiger partial charge in [0.2, 0.25) is 0 Å². The number of halogens is 1. The summed E-state index contributed by atoms with van der Waals surface area (Å²) in [7, 11) is 0. The summed E-state index contributed by atoms with van der Waals surface area (Å²) in [6, 6.07) is 2.08. The van der Waals surface area contributed by atoms with Crippen molar-refractivity contribution in [2.24, 2.45) is 0 Å². The summed E-state index contributed by atoms with van der Waals surface area (Å²) >= 11 is 1.50. The molecule has 0 fully saturated rings. The standard InChI is InChI=1S/C12H14FN3S/c1-8(2)15-5-9-6-16-12(17-9)10-3-4-14-7-11(10)13/h3-4,6-8,15H,5H2,1-2H3. The smallest absolute Gasteiger partial charge is 0.151 e. The molecule has 2 aromatic heterocycles. The molecule has 0 saturated heterocycles. The van der Waals surface area contributed by atoms with Crippen molar-refractivity contribution in [3.05, 3.63) is 35.4 Å². The molecule has 0 bridgehead atoms. The zero-order valence-corrected chi connectivity index (χ0v) is 10.6. The molecule has 0 saturated carbocycles. The van der Waals surface area contributed by atoms with E-state index in [1.807, 2.05) is 0 Å². The number of hydrogen-bond donors (Lipinski definition) is 1. The largest absolute Gasteiger partial charge is 0.310 e. The summed E-state index contributed by atoms with van der Waals surface area (Å²) in [6.07, 6.45) is 4.57. The lowest BCUT2D eigenvalue weighted by molar-refractivity contribution is 0.593. The average Bonchev–Trinajstić information content (AvgIpc) is 2.75. The minimum Gasteiger partial charge on any atom is -0.310 e. The van der Waals surface area contributed by atoms with E-state index in [2.05, 4.69) is 29.1 Å². The highest BCUT2D eigenvalue weighted by Gasteiger charge is 2.09. The first-order valence-electron chi connectivity index (χ1n) is 5.45. The van der Waals surface area contributed by atoms with E-state index in [1.54, 1.807) is 18.5 Å². The second-order valence-corrected chi connectivity index (χ2v) is 5.14. The molecule has 2 heterocycles. The molecular weight excluding hydrogens is 237 g/mol. The first-order chi connectivity index (χ1) is 8.16. The molecule has 0 aliphatic carbocycles. The van der Waals surface area contributed by atoms with Crippen LogP contribution in [-0.2, 0) is 6.54 Å². The van der Waals surface area contributed by atoms with Crippen LogP contribution in [0.3, 0.4) is 0 Å². The van der Waals surface area contributed by atoms with Crippen LogP contribution in [0, 0.1) is 5.82 Å². The number of aromatic nitrogens is 2. The van der Waals surface area contributed by atoms with Crippen molar-refractivity contribution in [1.29, 1.82) is 0 Å². The van der Waals surface area contributed by atoms with E-state index in [9.17, 15) is 4.39 Å². The van der Waals surface area contributed by atoms with Crippen molar-refractivity contribution in [3.8, 4) is 10.6 Å². The lowest BCUT2D eigenvalue weighted by Gasteiger charge is -2.04. The van der Waals surface area contributed by atoms with Gasteiger partial charge in [-0.15, -0.1) is 11.3 Å². The van der Waals surface area contributed by atoms with Gasteiger partial charge in [0.1, 0.15) is 5.01 Å². The quantitative estimate of drug-likeness (QED) is 0.908. The Kier molecular flexibility index (Phi) is 3.81. The van der Waals surface area contributed by atoms with E-state index in [4.69, 9.17) is 0 Å².